The molecule has 0 saturated heterocycles. The second-order valence-corrected chi connectivity index (χ2v) is 11.1. The number of ether oxygens (including phenoxy) is 3. The van der Waals surface area contributed by atoms with E-state index in [0.717, 1.165) is 4.88 Å². The molecule has 0 radical (unpaired) electrons. The van der Waals surface area contributed by atoms with Crippen molar-refractivity contribution >= 4 is 55.7 Å². The van der Waals surface area contributed by atoms with Gasteiger partial charge in [0.1, 0.15) is 23.0 Å². The van der Waals surface area contributed by atoms with Gasteiger partial charge in [0.2, 0.25) is 0 Å². The van der Waals surface area contributed by atoms with Crippen molar-refractivity contribution in [1.29, 1.82) is 0 Å². The summed E-state index contributed by atoms with van der Waals surface area (Å²) in [4.78, 5) is 29.5. The Morgan fingerprint density at radius 1 is 1.22 bits per heavy atom. The number of hydrogen-bond donors (Lipinski definition) is 1. The number of sulfonamides is 1. The summed E-state index contributed by atoms with van der Waals surface area (Å²) in [6.45, 7) is 1.94. The van der Waals surface area contributed by atoms with Crippen LogP contribution in [0.5, 0.6) is 11.5 Å². The molecule has 1 aliphatic heterocycles. The van der Waals surface area contributed by atoms with Crippen LogP contribution in [0.4, 0.5) is 10.8 Å². The van der Waals surface area contributed by atoms with Crippen molar-refractivity contribution in [1.82, 2.24) is 4.98 Å². The summed E-state index contributed by atoms with van der Waals surface area (Å²) in [6, 6.07) is 8.83. The maximum Gasteiger partial charge on any atom is 0.311 e. The van der Waals surface area contributed by atoms with Gasteiger partial charge in [-0.3, -0.25) is 19.2 Å². The predicted octanol–water partition coefficient (Wildman–Crippen LogP) is 3.67. The van der Waals surface area contributed by atoms with Crippen LogP contribution in [0, 0.1) is 6.92 Å². The van der Waals surface area contributed by atoms with Gasteiger partial charge < -0.3 is 14.2 Å². The molecule has 0 spiro atoms. The van der Waals surface area contributed by atoms with Crippen molar-refractivity contribution in [3.63, 3.8) is 0 Å². The van der Waals surface area contributed by atoms with Gasteiger partial charge in [-0.1, -0.05) is 11.6 Å². The average molecular weight is 552 g/mol. The number of fused-ring (bicyclic) bond motifs is 1. The maximum absolute atomic E-state index is 13.6. The smallest absolute Gasteiger partial charge is 0.311 e. The van der Waals surface area contributed by atoms with Gasteiger partial charge in [0.15, 0.2) is 5.13 Å². The molecule has 0 bridgehead atoms. The van der Waals surface area contributed by atoms with Gasteiger partial charge in [-0.15, -0.1) is 11.3 Å². The molecule has 1 amide bonds. The molecule has 1 aliphatic rings. The highest BCUT2D eigenvalue weighted by atomic mass is 35.5. The number of nitrogens with zero attached hydrogens (tertiary/aromatic N) is 2. The van der Waals surface area contributed by atoms with E-state index in [9.17, 15) is 18.0 Å². The van der Waals surface area contributed by atoms with Gasteiger partial charge >= 0.3 is 5.97 Å². The molecule has 3 aromatic rings. The molecule has 0 unspecified atom stereocenters. The second-order valence-electron chi connectivity index (χ2n) is 7.63. The number of rotatable bonds is 7. The first-order valence-corrected chi connectivity index (χ1v) is 13.2. The van der Waals surface area contributed by atoms with E-state index in [1.165, 1.54) is 66.3 Å². The average Bonchev–Trinajstić information content (AvgIpc) is 3.20. The van der Waals surface area contributed by atoms with Crippen molar-refractivity contribution in [2.75, 3.05) is 37.0 Å². The Labute approximate surface area is 216 Å². The molecule has 13 heteroatoms. The molecule has 10 nitrogen and oxygen atoms in total. The monoisotopic (exact) mass is 551 g/mol. The zero-order valence-electron chi connectivity index (χ0n) is 19.5. The normalized spacial score (nSPS) is 12.9. The van der Waals surface area contributed by atoms with Crippen LogP contribution >= 0.6 is 22.9 Å². The molecule has 36 heavy (non-hydrogen) atoms. The lowest BCUT2D eigenvalue weighted by molar-refractivity contribution is -0.139. The molecule has 0 atom stereocenters. The summed E-state index contributed by atoms with van der Waals surface area (Å²) in [5.74, 6) is -0.482. The van der Waals surface area contributed by atoms with Crippen LogP contribution in [-0.4, -0.2) is 52.6 Å². The lowest BCUT2D eigenvalue weighted by Crippen LogP contribution is -2.38. The predicted molar refractivity (Wildman–Crippen MR) is 135 cm³/mol. The summed E-state index contributed by atoms with van der Waals surface area (Å²) >= 11 is 7.28. The Morgan fingerprint density at radius 2 is 2.00 bits per heavy atom. The first-order valence-electron chi connectivity index (χ1n) is 10.6. The van der Waals surface area contributed by atoms with Crippen LogP contribution in [0.1, 0.15) is 20.9 Å². The third-order valence-electron chi connectivity index (χ3n) is 5.39. The number of aromatic nitrogens is 1. The van der Waals surface area contributed by atoms with Crippen LogP contribution in [0.2, 0.25) is 5.02 Å². The van der Waals surface area contributed by atoms with Gasteiger partial charge in [-0.05, 0) is 43.3 Å². The zero-order chi connectivity index (χ0) is 26.0. The van der Waals surface area contributed by atoms with Crippen LogP contribution < -0.4 is 19.1 Å². The summed E-state index contributed by atoms with van der Waals surface area (Å²) in [7, 11) is -1.44. The number of benzene rings is 2. The molecule has 2 heterocycles. The molecule has 0 aliphatic carbocycles. The number of halogens is 1. The molecule has 0 fully saturated rings. The number of carbonyl (C=O) groups is 2. The number of carbonyl (C=O) groups excluding carboxylic acids is 2. The number of thiazole rings is 1. The highest BCUT2D eigenvalue weighted by molar-refractivity contribution is 7.93. The van der Waals surface area contributed by atoms with Crippen LogP contribution in [0.3, 0.4) is 0 Å². The van der Waals surface area contributed by atoms with Crippen molar-refractivity contribution in [3.05, 3.63) is 57.6 Å². The Bertz CT molecular complexity index is 1440. The quantitative estimate of drug-likeness (QED) is 0.441. The van der Waals surface area contributed by atoms with Crippen molar-refractivity contribution in [3.8, 4) is 11.5 Å². The van der Waals surface area contributed by atoms with Crippen LogP contribution in [0.25, 0.3) is 0 Å². The van der Waals surface area contributed by atoms with E-state index < -0.39 is 21.9 Å². The maximum atomic E-state index is 13.6. The third kappa shape index (κ3) is 5.11. The van der Waals surface area contributed by atoms with Gasteiger partial charge in [0, 0.05) is 15.5 Å². The summed E-state index contributed by atoms with van der Waals surface area (Å²) in [5, 5.41) is 3.24. The van der Waals surface area contributed by atoms with E-state index in [1.807, 2.05) is 0 Å². The van der Waals surface area contributed by atoms with Crippen molar-refractivity contribution in [2.24, 2.45) is 0 Å². The van der Waals surface area contributed by atoms with Crippen LogP contribution in [0.15, 0.2) is 41.3 Å². The summed E-state index contributed by atoms with van der Waals surface area (Å²) < 4.78 is 43.9. The Kier molecular flexibility index (Phi) is 7.38. The van der Waals surface area contributed by atoms with Gasteiger partial charge in [-0.25, -0.2) is 13.4 Å². The molecule has 190 valence electrons. The minimum absolute atomic E-state index is 0.00925. The Balaban J connectivity index is 1.64. The minimum atomic E-state index is -4.10. The van der Waals surface area contributed by atoms with Gasteiger partial charge in [0.25, 0.3) is 15.9 Å². The fourth-order valence-electron chi connectivity index (χ4n) is 3.58. The molecular formula is C23H22ClN3O7S2. The third-order valence-corrected chi connectivity index (χ3v) is 8.39. The highest BCUT2D eigenvalue weighted by Crippen LogP contribution is 2.39. The number of anilines is 2. The molecule has 2 aromatic carbocycles. The molecular weight excluding hydrogens is 530 g/mol. The molecule has 1 N–H and O–H groups in total. The summed E-state index contributed by atoms with van der Waals surface area (Å²) in [5.41, 5.74) is 0.909. The fraction of sp³-hybridized carbons (Fsp3) is 0.261. The molecule has 1 aromatic heterocycles. The number of hydrogen-bond acceptors (Lipinski definition) is 9. The topological polar surface area (TPSA) is 124 Å². The molecule has 0 saturated carbocycles. The lowest BCUT2D eigenvalue weighted by atomic mass is 10.1. The minimum Gasteiger partial charge on any atom is -0.495 e. The van der Waals surface area contributed by atoms with Crippen LogP contribution in [-0.2, 0) is 26.0 Å². The standard InChI is InChI=1S/C23H22ClN3O7S2/c1-13-16(12-21(28)33-3)25-23(35-13)26-22(29)14-4-6-18-17(10-14)27(8-9-34-18)36(30,31)20-11-15(24)5-7-19(20)32-2/h4-7,10-11H,8-9,12H2,1-3H3,(H,25,26,29). The number of nitrogens with one attached hydrogen (secondary N) is 1. The Hall–Kier alpha value is -3.35. The van der Waals surface area contributed by atoms with E-state index in [0.29, 0.717) is 16.6 Å². The largest absolute Gasteiger partial charge is 0.495 e. The number of esters is 1. The zero-order valence-corrected chi connectivity index (χ0v) is 21.9. The van der Waals surface area contributed by atoms with Gasteiger partial charge in [0.05, 0.1) is 38.6 Å². The fourth-order valence-corrected chi connectivity index (χ4v) is 6.28. The van der Waals surface area contributed by atoms with E-state index in [1.54, 1.807) is 6.92 Å². The first kappa shape index (κ1) is 25.7. The number of methoxy groups -OCH3 is 2. The highest BCUT2D eigenvalue weighted by Gasteiger charge is 2.33. The van der Waals surface area contributed by atoms with E-state index >= 15 is 0 Å². The van der Waals surface area contributed by atoms with Crippen molar-refractivity contribution in [2.45, 2.75) is 18.2 Å². The first-order chi connectivity index (χ1) is 17.1. The SMILES string of the molecule is COC(=O)Cc1nc(NC(=O)c2ccc3c(c2)N(S(=O)(=O)c2cc(Cl)ccc2OC)CCO3)sc1C. The van der Waals surface area contributed by atoms with E-state index in [-0.39, 0.29) is 46.5 Å². The molecule has 4 rings (SSSR count). The van der Waals surface area contributed by atoms with E-state index in [2.05, 4.69) is 15.0 Å². The van der Waals surface area contributed by atoms with E-state index in [4.69, 9.17) is 21.1 Å². The number of aryl methyl sites for hydroxylation is 1. The summed E-state index contributed by atoms with van der Waals surface area (Å²) in [6.07, 6.45) is -0.00925. The Morgan fingerprint density at radius 3 is 2.72 bits per heavy atom. The lowest BCUT2D eigenvalue weighted by Gasteiger charge is -2.31. The van der Waals surface area contributed by atoms with Crippen molar-refractivity contribution < 1.29 is 32.2 Å². The van der Waals surface area contributed by atoms with Gasteiger partial charge in [-0.2, -0.15) is 0 Å². The second kappa shape index (κ2) is 10.3. The number of amides is 1.